The van der Waals surface area contributed by atoms with Gasteiger partial charge < -0.3 is 9.64 Å². The summed E-state index contributed by atoms with van der Waals surface area (Å²) < 4.78 is 5.83. The summed E-state index contributed by atoms with van der Waals surface area (Å²) in [6.07, 6.45) is 3.88. The minimum atomic E-state index is 0.696. The van der Waals surface area contributed by atoms with Crippen LogP contribution in [0.4, 0.5) is 0 Å². The standard InChI is InChI=1S/C20H23NO/c1-3-14-21(15-4-2)16-17-22-20-12-10-19(11-13-20)18-8-6-5-7-9-18/h3-13H,1-2,14-17H2/p+1. The van der Waals surface area contributed by atoms with Gasteiger partial charge in [-0.15, -0.1) is 0 Å². The van der Waals surface area contributed by atoms with E-state index in [1.165, 1.54) is 16.0 Å². The van der Waals surface area contributed by atoms with E-state index in [4.69, 9.17) is 4.74 Å². The maximum Gasteiger partial charge on any atom is 0.137 e. The van der Waals surface area contributed by atoms with Gasteiger partial charge in [-0.05, 0) is 35.4 Å². The van der Waals surface area contributed by atoms with Gasteiger partial charge >= 0.3 is 0 Å². The number of nitrogens with one attached hydrogen (secondary N) is 1. The van der Waals surface area contributed by atoms with Gasteiger partial charge in [0.05, 0.1) is 13.1 Å². The highest BCUT2D eigenvalue weighted by Gasteiger charge is 2.04. The van der Waals surface area contributed by atoms with Gasteiger partial charge in [0.25, 0.3) is 0 Å². The molecule has 0 fully saturated rings. The molecule has 2 aromatic rings. The van der Waals surface area contributed by atoms with Crippen molar-refractivity contribution >= 4 is 0 Å². The summed E-state index contributed by atoms with van der Waals surface area (Å²) in [6.45, 7) is 11.1. The SMILES string of the molecule is C=CC[NH+](CC=C)CCOc1ccc(-c2ccccc2)cc1. The highest BCUT2D eigenvalue weighted by molar-refractivity contribution is 5.63. The Kier molecular flexibility index (Phi) is 6.46. The molecule has 0 spiro atoms. The van der Waals surface area contributed by atoms with E-state index in [9.17, 15) is 0 Å². The van der Waals surface area contributed by atoms with Gasteiger partial charge in [-0.2, -0.15) is 0 Å². The third-order valence-electron chi connectivity index (χ3n) is 3.55. The molecule has 114 valence electrons. The third kappa shape index (κ3) is 4.90. The molecule has 2 rings (SSSR count). The quantitative estimate of drug-likeness (QED) is 0.702. The second kappa shape index (κ2) is 8.85. The molecule has 0 bridgehead atoms. The molecule has 0 aliphatic carbocycles. The van der Waals surface area contributed by atoms with E-state index in [2.05, 4.69) is 49.6 Å². The number of ether oxygens (including phenoxy) is 1. The number of hydrogen-bond donors (Lipinski definition) is 1. The van der Waals surface area contributed by atoms with E-state index in [0.29, 0.717) is 6.61 Å². The fraction of sp³-hybridized carbons (Fsp3) is 0.200. The lowest BCUT2D eigenvalue weighted by Gasteiger charge is -2.16. The number of quaternary nitrogens is 1. The van der Waals surface area contributed by atoms with Gasteiger partial charge in [0.2, 0.25) is 0 Å². The van der Waals surface area contributed by atoms with Crippen molar-refractivity contribution in [1.29, 1.82) is 0 Å². The second-order valence-corrected chi connectivity index (χ2v) is 5.22. The van der Waals surface area contributed by atoms with Crippen molar-refractivity contribution in [3.05, 3.63) is 79.9 Å². The Morgan fingerprint density at radius 2 is 1.41 bits per heavy atom. The Hall–Kier alpha value is -2.32. The van der Waals surface area contributed by atoms with Crippen LogP contribution in [-0.4, -0.2) is 26.2 Å². The zero-order chi connectivity index (χ0) is 15.6. The summed E-state index contributed by atoms with van der Waals surface area (Å²) >= 11 is 0. The molecule has 0 saturated carbocycles. The van der Waals surface area contributed by atoms with Crippen LogP contribution in [0.2, 0.25) is 0 Å². The molecule has 22 heavy (non-hydrogen) atoms. The summed E-state index contributed by atoms with van der Waals surface area (Å²) in [5.41, 5.74) is 2.43. The fourth-order valence-corrected chi connectivity index (χ4v) is 2.38. The largest absolute Gasteiger partial charge is 0.488 e. The molecular weight excluding hydrogens is 270 g/mol. The average Bonchev–Trinajstić information content (AvgIpc) is 2.57. The van der Waals surface area contributed by atoms with Crippen LogP contribution >= 0.6 is 0 Å². The molecule has 0 amide bonds. The molecule has 0 atom stereocenters. The minimum absolute atomic E-state index is 0.696. The van der Waals surface area contributed by atoms with E-state index in [1.54, 1.807) is 0 Å². The molecule has 0 aliphatic rings. The topological polar surface area (TPSA) is 13.7 Å². The van der Waals surface area contributed by atoms with Crippen molar-refractivity contribution < 1.29 is 9.64 Å². The smallest absolute Gasteiger partial charge is 0.137 e. The normalized spacial score (nSPS) is 10.4. The first-order valence-corrected chi connectivity index (χ1v) is 7.67. The lowest BCUT2D eigenvalue weighted by Crippen LogP contribution is -3.12. The lowest BCUT2D eigenvalue weighted by molar-refractivity contribution is -0.888. The van der Waals surface area contributed by atoms with Crippen molar-refractivity contribution in [3.8, 4) is 16.9 Å². The highest BCUT2D eigenvalue weighted by Crippen LogP contribution is 2.21. The van der Waals surface area contributed by atoms with E-state index >= 15 is 0 Å². The molecule has 0 radical (unpaired) electrons. The zero-order valence-electron chi connectivity index (χ0n) is 13.0. The number of hydrogen-bond acceptors (Lipinski definition) is 1. The second-order valence-electron chi connectivity index (χ2n) is 5.22. The van der Waals surface area contributed by atoms with Gasteiger partial charge in [-0.25, -0.2) is 0 Å². The Bertz CT molecular complexity index is 564. The van der Waals surface area contributed by atoms with Crippen molar-refractivity contribution in [2.45, 2.75) is 0 Å². The Labute approximate surface area is 133 Å². The molecule has 0 aromatic heterocycles. The van der Waals surface area contributed by atoms with Crippen LogP contribution in [0.15, 0.2) is 79.9 Å². The zero-order valence-corrected chi connectivity index (χ0v) is 13.0. The van der Waals surface area contributed by atoms with Crippen molar-refractivity contribution in [2.75, 3.05) is 26.2 Å². The third-order valence-corrected chi connectivity index (χ3v) is 3.55. The molecule has 2 aromatic carbocycles. The van der Waals surface area contributed by atoms with E-state index < -0.39 is 0 Å². The van der Waals surface area contributed by atoms with Crippen LogP contribution < -0.4 is 9.64 Å². The fourth-order valence-electron chi connectivity index (χ4n) is 2.38. The van der Waals surface area contributed by atoms with E-state index in [-0.39, 0.29) is 0 Å². The van der Waals surface area contributed by atoms with Gasteiger partial charge in [0.15, 0.2) is 0 Å². The summed E-state index contributed by atoms with van der Waals surface area (Å²) in [4.78, 5) is 1.41. The van der Waals surface area contributed by atoms with Gasteiger partial charge in [0.1, 0.15) is 18.9 Å². The number of benzene rings is 2. The summed E-state index contributed by atoms with van der Waals surface area (Å²) in [7, 11) is 0. The van der Waals surface area contributed by atoms with Crippen molar-refractivity contribution in [3.63, 3.8) is 0 Å². The van der Waals surface area contributed by atoms with Crippen LogP contribution in [0.1, 0.15) is 0 Å². The van der Waals surface area contributed by atoms with Crippen LogP contribution in [0.25, 0.3) is 11.1 Å². The number of rotatable bonds is 9. The summed E-state index contributed by atoms with van der Waals surface area (Å²) in [6, 6.07) is 18.6. The lowest BCUT2D eigenvalue weighted by atomic mass is 10.1. The molecule has 0 unspecified atom stereocenters. The first kappa shape index (κ1) is 16.1. The molecular formula is C20H24NO+. The highest BCUT2D eigenvalue weighted by atomic mass is 16.5. The van der Waals surface area contributed by atoms with Gasteiger partial charge in [-0.3, -0.25) is 0 Å². The van der Waals surface area contributed by atoms with E-state index in [1.807, 2.05) is 30.4 Å². The Morgan fingerprint density at radius 1 is 0.818 bits per heavy atom. The van der Waals surface area contributed by atoms with Crippen LogP contribution in [0.5, 0.6) is 5.75 Å². The minimum Gasteiger partial charge on any atom is -0.488 e. The van der Waals surface area contributed by atoms with Gasteiger partial charge in [-0.1, -0.05) is 55.6 Å². The van der Waals surface area contributed by atoms with Gasteiger partial charge in [0, 0.05) is 0 Å². The first-order chi connectivity index (χ1) is 10.8. The first-order valence-electron chi connectivity index (χ1n) is 7.67. The van der Waals surface area contributed by atoms with Crippen LogP contribution in [-0.2, 0) is 0 Å². The Balaban J connectivity index is 1.86. The summed E-state index contributed by atoms with van der Waals surface area (Å²) in [5.74, 6) is 0.913. The predicted octanol–water partition coefficient (Wildman–Crippen LogP) is 2.99. The molecule has 0 saturated heterocycles. The molecule has 1 N–H and O–H groups in total. The molecule has 0 aliphatic heterocycles. The van der Waals surface area contributed by atoms with Crippen molar-refractivity contribution in [1.82, 2.24) is 0 Å². The maximum atomic E-state index is 5.83. The molecule has 0 heterocycles. The maximum absolute atomic E-state index is 5.83. The van der Waals surface area contributed by atoms with Crippen molar-refractivity contribution in [2.24, 2.45) is 0 Å². The predicted molar refractivity (Wildman–Crippen MR) is 93.3 cm³/mol. The van der Waals surface area contributed by atoms with E-state index in [0.717, 1.165) is 25.4 Å². The summed E-state index contributed by atoms with van der Waals surface area (Å²) in [5, 5.41) is 0. The van der Waals surface area contributed by atoms with Crippen LogP contribution in [0.3, 0.4) is 0 Å². The Morgan fingerprint density at radius 3 is 2.00 bits per heavy atom. The monoisotopic (exact) mass is 294 g/mol. The molecule has 2 heteroatoms. The molecule has 2 nitrogen and oxygen atoms in total. The van der Waals surface area contributed by atoms with Crippen LogP contribution in [0, 0.1) is 0 Å². The average molecular weight is 294 g/mol.